The second-order valence-corrected chi connectivity index (χ2v) is 11.7. The number of amides is 1. The molecule has 0 atom stereocenters. The molecule has 2 saturated heterocycles. The first-order chi connectivity index (χ1) is 16.8. The molecule has 3 aromatic rings. The average Bonchev–Trinajstić information content (AvgIpc) is 3.27. The van der Waals surface area contributed by atoms with E-state index < -0.39 is 0 Å². The van der Waals surface area contributed by atoms with Gasteiger partial charge in [-0.3, -0.25) is 4.79 Å². The molecule has 2 aliphatic heterocycles. The van der Waals surface area contributed by atoms with E-state index in [9.17, 15) is 4.79 Å². The van der Waals surface area contributed by atoms with E-state index in [4.69, 9.17) is 9.97 Å². The molecular formula is C30H34N4O. The Labute approximate surface area is 207 Å². The lowest BCUT2D eigenvalue weighted by Gasteiger charge is -2.47. The van der Waals surface area contributed by atoms with Gasteiger partial charge < -0.3 is 9.80 Å². The van der Waals surface area contributed by atoms with Gasteiger partial charge in [0.1, 0.15) is 0 Å². The molecule has 0 unspecified atom stereocenters. The zero-order chi connectivity index (χ0) is 24.4. The lowest BCUT2D eigenvalue weighted by molar-refractivity contribution is -0.136. The summed E-state index contributed by atoms with van der Waals surface area (Å²) in [6.45, 7) is 14.0. The summed E-state index contributed by atoms with van der Waals surface area (Å²) >= 11 is 0. The molecule has 1 amide bonds. The Morgan fingerprint density at radius 3 is 2.60 bits per heavy atom. The normalized spacial score (nSPS) is 20.1. The van der Waals surface area contributed by atoms with Crippen LogP contribution in [0.25, 0.3) is 22.0 Å². The summed E-state index contributed by atoms with van der Waals surface area (Å²) in [4.78, 5) is 26.8. The van der Waals surface area contributed by atoms with Crippen LogP contribution >= 0.6 is 0 Å². The third-order valence-corrected chi connectivity index (χ3v) is 8.41. The fraction of sp³-hybridized carbons (Fsp3) is 0.433. The van der Waals surface area contributed by atoms with E-state index in [1.807, 2.05) is 4.90 Å². The molecule has 2 aromatic carbocycles. The van der Waals surface area contributed by atoms with Crippen LogP contribution in [0.5, 0.6) is 0 Å². The van der Waals surface area contributed by atoms with Crippen LogP contribution in [-0.2, 0) is 17.6 Å². The third kappa shape index (κ3) is 3.72. The monoisotopic (exact) mass is 466 g/mol. The van der Waals surface area contributed by atoms with Crippen molar-refractivity contribution in [1.82, 2.24) is 14.9 Å². The first kappa shape index (κ1) is 22.3. The predicted molar refractivity (Wildman–Crippen MR) is 142 cm³/mol. The van der Waals surface area contributed by atoms with Gasteiger partial charge in [-0.1, -0.05) is 56.8 Å². The summed E-state index contributed by atoms with van der Waals surface area (Å²) in [7, 11) is 0. The van der Waals surface area contributed by atoms with Gasteiger partial charge in [0.25, 0.3) is 0 Å². The van der Waals surface area contributed by atoms with Crippen LogP contribution in [0.1, 0.15) is 43.5 Å². The molecule has 1 aromatic heterocycles. The second kappa shape index (κ2) is 7.91. The molecule has 5 nitrogen and oxygen atoms in total. The summed E-state index contributed by atoms with van der Waals surface area (Å²) in [5.74, 6) is 0.891. The minimum absolute atomic E-state index is 0.0370. The van der Waals surface area contributed by atoms with Gasteiger partial charge in [0.15, 0.2) is 0 Å². The smallest absolute Gasteiger partial charge is 0.245 e. The molecule has 6 rings (SSSR count). The molecule has 0 radical (unpaired) electrons. The van der Waals surface area contributed by atoms with Crippen LogP contribution in [0.2, 0.25) is 0 Å². The predicted octanol–water partition coefficient (Wildman–Crippen LogP) is 5.34. The summed E-state index contributed by atoms with van der Waals surface area (Å²) in [6.07, 6.45) is 5.65. The number of carbonyl (C=O) groups is 1. The van der Waals surface area contributed by atoms with Gasteiger partial charge in [-0.15, -0.1) is 0 Å². The van der Waals surface area contributed by atoms with Gasteiger partial charge in [0.2, 0.25) is 11.9 Å². The largest absolute Gasteiger partial charge is 0.340 e. The summed E-state index contributed by atoms with van der Waals surface area (Å²) in [6, 6.07) is 13.1. The Morgan fingerprint density at radius 1 is 1.06 bits per heavy atom. The first-order valence-corrected chi connectivity index (χ1v) is 12.8. The first-order valence-electron chi connectivity index (χ1n) is 12.8. The zero-order valence-corrected chi connectivity index (χ0v) is 21.1. The molecule has 5 heteroatoms. The van der Waals surface area contributed by atoms with E-state index in [1.165, 1.54) is 39.2 Å². The third-order valence-electron chi connectivity index (χ3n) is 8.41. The molecule has 2 fully saturated rings. The van der Waals surface area contributed by atoms with E-state index in [0.29, 0.717) is 0 Å². The lowest BCUT2D eigenvalue weighted by atomic mass is 9.75. The van der Waals surface area contributed by atoms with E-state index in [2.05, 4.69) is 68.6 Å². The average molecular weight is 467 g/mol. The summed E-state index contributed by atoms with van der Waals surface area (Å²) in [5.41, 5.74) is 6.56. The molecule has 0 N–H and O–H groups in total. The number of benzene rings is 2. The Bertz CT molecular complexity index is 1350. The highest BCUT2D eigenvalue weighted by Crippen LogP contribution is 2.44. The van der Waals surface area contributed by atoms with Crippen LogP contribution in [0.4, 0.5) is 5.95 Å². The van der Waals surface area contributed by atoms with Crippen molar-refractivity contribution in [3.8, 4) is 11.3 Å². The second-order valence-electron chi connectivity index (χ2n) is 11.7. The highest BCUT2D eigenvalue weighted by Gasteiger charge is 2.49. The van der Waals surface area contributed by atoms with Crippen molar-refractivity contribution in [2.24, 2.45) is 10.8 Å². The molecule has 1 aliphatic carbocycles. The van der Waals surface area contributed by atoms with Crippen molar-refractivity contribution in [1.29, 1.82) is 0 Å². The number of rotatable bonds is 3. The molecular weight excluding hydrogens is 432 g/mol. The zero-order valence-electron chi connectivity index (χ0n) is 21.1. The number of nitrogens with zero attached hydrogens (tertiary/aromatic N) is 4. The highest BCUT2D eigenvalue weighted by atomic mass is 16.2. The maximum absolute atomic E-state index is 12.0. The van der Waals surface area contributed by atoms with E-state index in [0.717, 1.165) is 63.5 Å². The van der Waals surface area contributed by atoms with Crippen LogP contribution in [0, 0.1) is 17.8 Å². The van der Waals surface area contributed by atoms with Crippen molar-refractivity contribution in [2.45, 2.75) is 46.5 Å². The standard InChI is InChI=1S/C30H34N4O/c1-5-25(35)34-18-30(19-34)14-15-33(17-30)28-31-24-16-29(3,4)13-12-22(24)27(32-28)23-11-7-10-21-9-6-8-20(2)26(21)23/h5-11H,1,12-19H2,2-4H3. The van der Waals surface area contributed by atoms with Gasteiger partial charge >= 0.3 is 0 Å². The highest BCUT2D eigenvalue weighted by molar-refractivity contribution is 5.99. The molecule has 0 bridgehead atoms. The van der Waals surface area contributed by atoms with Crippen molar-refractivity contribution in [2.75, 3.05) is 31.1 Å². The van der Waals surface area contributed by atoms with Gasteiger partial charge in [-0.25, -0.2) is 9.97 Å². The number of hydrogen-bond donors (Lipinski definition) is 0. The molecule has 1 spiro atoms. The Kier molecular flexibility index (Phi) is 5.03. The number of carbonyl (C=O) groups excluding carboxylic acids is 1. The minimum atomic E-state index is 0.0370. The number of aromatic nitrogens is 2. The summed E-state index contributed by atoms with van der Waals surface area (Å²) < 4.78 is 0. The van der Waals surface area contributed by atoms with Gasteiger partial charge in [0, 0.05) is 42.7 Å². The Hall–Kier alpha value is -3.21. The van der Waals surface area contributed by atoms with Crippen LogP contribution in [0.15, 0.2) is 49.1 Å². The van der Waals surface area contributed by atoms with Crippen LogP contribution < -0.4 is 4.90 Å². The van der Waals surface area contributed by atoms with Crippen molar-refractivity contribution in [3.63, 3.8) is 0 Å². The SMILES string of the molecule is C=CC(=O)N1CC2(CCN(c3nc4c(c(-c5cccc6cccc(C)c56)n3)CCC(C)(C)C4)C2)C1. The van der Waals surface area contributed by atoms with Crippen molar-refractivity contribution >= 4 is 22.6 Å². The Morgan fingerprint density at radius 2 is 1.83 bits per heavy atom. The molecule has 180 valence electrons. The number of aryl methyl sites for hydroxylation is 1. The summed E-state index contributed by atoms with van der Waals surface area (Å²) in [5, 5.41) is 2.55. The molecule has 35 heavy (non-hydrogen) atoms. The van der Waals surface area contributed by atoms with Crippen LogP contribution in [0.3, 0.4) is 0 Å². The molecule has 3 aliphatic rings. The topological polar surface area (TPSA) is 49.3 Å². The quantitative estimate of drug-likeness (QED) is 0.489. The number of likely N-dealkylation sites (tertiary alicyclic amines) is 1. The number of hydrogen-bond acceptors (Lipinski definition) is 4. The van der Waals surface area contributed by atoms with E-state index >= 15 is 0 Å². The molecule has 0 saturated carbocycles. The van der Waals surface area contributed by atoms with Gasteiger partial charge in [-0.2, -0.15) is 0 Å². The molecule has 3 heterocycles. The lowest BCUT2D eigenvalue weighted by Crippen LogP contribution is -2.59. The van der Waals surface area contributed by atoms with E-state index in [1.54, 1.807) is 0 Å². The van der Waals surface area contributed by atoms with Gasteiger partial charge in [0.05, 0.1) is 11.4 Å². The fourth-order valence-electron chi connectivity index (χ4n) is 6.43. The van der Waals surface area contributed by atoms with E-state index in [-0.39, 0.29) is 16.7 Å². The minimum Gasteiger partial charge on any atom is -0.340 e. The maximum Gasteiger partial charge on any atom is 0.245 e. The van der Waals surface area contributed by atoms with Crippen molar-refractivity contribution in [3.05, 3.63) is 65.9 Å². The Balaban J connectivity index is 1.43. The van der Waals surface area contributed by atoms with Gasteiger partial charge in [-0.05, 0) is 60.4 Å². The van der Waals surface area contributed by atoms with Crippen LogP contribution in [-0.4, -0.2) is 47.0 Å². The maximum atomic E-state index is 12.0. The number of anilines is 1. The van der Waals surface area contributed by atoms with Crippen molar-refractivity contribution < 1.29 is 4.79 Å². The number of fused-ring (bicyclic) bond motifs is 2. The fourth-order valence-corrected chi connectivity index (χ4v) is 6.43.